The standard InChI is InChI=1S/C12H17NO/c13-10-6-5-9-7-1-3-8(4-2-7)11(9)12(10)14/h1,3,7-11H,2,4-6,13H2/t7-,8+,9-,10?,11+/m0/s1. The first-order valence-corrected chi connectivity index (χ1v) is 5.75. The fourth-order valence-electron chi connectivity index (χ4n) is 3.68. The summed E-state index contributed by atoms with van der Waals surface area (Å²) >= 11 is 0. The predicted octanol–water partition coefficient (Wildman–Crippen LogP) is 1.50. The fourth-order valence-corrected chi connectivity index (χ4v) is 3.68. The maximum Gasteiger partial charge on any atom is 0.153 e. The van der Waals surface area contributed by atoms with Crippen molar-refractivity contribution in [1.82, 2.24) is 0 Å². The van der Waals surface area contributed by atoms with E-state index in [2.05, 4.69) is 12.2 Å². The van der Waals surface area contributed by atoms with E-state index in [0.29, 0.717) is 23.5 Å². The average Bonchev–Trinajstić information content (AvgIpc) is 2.25. The minimum Gasteiger partial charge on any atom is -0.321 e. The molecule has 4 rings (SSSR count). The number of carbonyl (C=O) groups excluding carboxylic acids is 1. The van der Waals surface area contributed by atoms with Crippen LogP contribution >= 0.6 is 0 Å². The van der Waals surface area contributed by atoms with Gasteiger partial charge >= 0.3 is 0 Å². The highest BCUT2D eigenvalue weighted by Gasteiger charge is 2.47. The molecule has 2 heteroatoms. The Morgan fingerprint density at radius 1 is 1.07 bits per heavy atom. The SMILES string of the molecule is NC1CC[C@@H]2[C@H](C1=O)[C@@H]1C=C[C@H]2CC1. The van der Waals surface area contributed by atoms with E-state index >= 15 is 0 Å². The first-order chi connectivity index (χ1) is 6.77. The molecule has 2 N–H and O–H groups in total. The van der Waals surface area contributed by atoms with E-state index in [1.807, 2.05) is 0 Å². The molecule has 76 valence electrons. The predicted molar refractivity (Wildman–Crippen MR) is 54.6 cm³/mol. The normalized spacial score (nSPS) is 50.6. The van der Waals surface area contributed by atoms with Crippen LogP contribution in [0, 0.1) is 23.7 Å². The molecular weight excluding hydrogens is 174 g/mol. The number of hydrogen-bond donors (Lipinski definition) is 1. The Labute approximate surface area is 84.5 Å². The van der Waals surface area contributed by atoms with E-state index in [1.54, 1.807) is 0 Å². The Bertz CT molecular complexity index is 297. The fraction of sp³-hybridized carbons (Fsp3) is 0.750. The molecule has 2 bridgehead atoms. The monoisotopic (exact) mass is 191 g/mol. The maximum absolute atomic E-state index is 12.0. The maximum atomic E-state index is 12.0. The molecule has 4 aliphatic carbocycles. The summed E-state index contributed by atoms with van der Waals surface area (Å²) in [5.74, 6) is 2.46. The van der Waals surface area contributed by atoms with Crippen LogP contribution in [-0.4, -0.2) is 11.8 Å². The lowest BCUT2D eigenvalue weighted by Crippen LogP contribution is -2.51. The van der Waals surface area contributed by atoms with Crippen LogP contribution in [0.15, 0.2) is 12.2 Å². The minimum atomic E-state index is -0.163. The van der Waals surface area contributed by atoms with Gasteiger partial charge in [0.25, 0.3) is 0 Å². The lowest BCUT2D eigenvalue weighted by Gasteiger charge is -2.47. The number of carbonyl (C=O) groups is 1. The molecule has 2 saturated carbocycles. The third kappa shape index (κ3) is 1.04. The second kappa shape index (κ2) is 2.93. The first kappa shape index (κ1) is 8.66. The van der Waals surface area contributed by atoms with Crippen molar-refractivity contribution in [3.05, 3.63) is 12.2 Å². The van der Waals surface area contributed by atoms with Crippen LogP contribution in [0.4, 0.5) is 0 Å². The van der Waals surface area contributed by atoms with Crippen LogP contribution in [-0.2, 0) is 4.79 Å². The highest BCUT2D eigenvalue weighted by atomic mass is 16.1. The molecule has 0 aromatic heterocycles. The van der Waals surface area contributed by atoms with Crippen molar-refractivity contribution < 1.29 is 4.79 Å². The zero-order valence-corrected chi connectivity index (χ0v) is 8.36. The summed E-state index contributed by atoms with van der Waals surface area (Å²) in [5.41, 5.74) is 5.84. The van der Waals surface area contributed by atoms with Gasteiger partial charge in [-0.05, 0) is 43.4 Å². The van der Waals surface area contributed by atoms with Gasteiger partial charge in [-0.15, -0.1) is 0 Å². The molecule has 2 fully saturated rings. The molecule has 0 aliphatic heterocycles. The van der Waals surface area contributed by atoms with Gasteiger partial charge in [0, 0.05) is 5.92 Å². The number of hydrogen-bond acceptors (Lipinski definition) is 2. The number of ketones is 1. The van der Waals surface area contributed by atoms with Gasteiger partial charge in [0.05, 0.1) is 6.04 Å². The molecule has 0 amide bonds. The number of allylic oxidation sites excluding steroid dienone is 2. The van der Waals surface area contributed by atoms with Crippen molar-refractivity contribution >= 4 is 5.78 Å². The van der Waals surface area contributed by atoms with E-state index in [-0.39, 0.29) is 12.0 Å². The lowest BCUT2D eigenvalue weighted by atomic mass is 9.56. The van der Waals surface area contributed by atoms with E-state index < -0.39 is 0 Å². The van der Waals surface area contributed by atoms with Crippen molar-refractivity contribution in [3.8, 4) is 0 Å². The summed E-state index contributed by atoms with van der Waals surface area (Å²) in [7, 11) is 0. The van der Waals surface area contributed by atoms with Crippen LogP contribution in [0.3, 0.4) is 0 Å². The van der Waals surface area contributed by atoms with Crippen molar-refractivity contribution in [2.24, 2.45) is 29.4 Å². The Morgan fingerprint density at radius 3 is 2.50 bits per heavy atom. The Morgan fingerprint density at radius 2 is 1.79 bits per heavy atom. The largest absolute Gasteiger partial charge is 0.321 e. The van der Waals surface area contributed by atoms with Crippen molar-refractivity contribution in [2.45, 2.75) is 31.7 Å². The van der Waals surface area contributed by atoms with E-state index in [0.717, 1.165) is 6.42 Å². The molecule has 2 nitrogen and oxygen atoms in total. The molecule has 0 spiro atoms. The molecule has 4 aliphatic rings. The van der Waals surface area contributed by atoms with Crippen LogP contribution in [0.25, 0.3) is 0 Å². The molecule has 0 heterocycles. The highest BCUT2D eigenvalue weighted by Crippen LogP contribution is 2.49. The molecule has 1 unspecified atom stereocenters. The molecular formula is C12H17NO. The molecule has 14 heavy (non-hydrogen) atoms. The zero-order chi connectivity index (χ0) is 9.71. The van der Waals surface area contributed by atoms with Crippen LogP contribution in [0.5, 0.6) is 0 Å². The Balaban J connectivity index is 1.95. The molecule has 0 aromatic carbocycles. The van der Waals surface area contributed by atoms with Gasteiger partial charge in [-0.1, -0.05) is 12.2 Å². The Hall–Kier alpha value is -0.630. The van der Waals surface area contributed by atoms with Gasteiger partial charge < -0.3 is 5.73 Å². The first-order valence-electron chi connectivity index (χ1n) is 5.75. The third-order valence-corrected chi connectivity index (χ3v) is 4.42. The number of rotatable bonds is 0. The lowest BCUT2D eigenvalue weighted by molar-refractivity contribution is -0.133. The van der Waals surface area contributed by atoms with Crippen molar-refractivity contribution in [3.63, 3.8) is 0 Å². The summed E-state index contributed by atoms with van der Waals surface area (Å²) in [6.45, 7) is 0. The van der Waals surface area contributed by atoms with E-state index in [9.17, 15) is 4.79 Å². The van der Waals surface area contributed by atoms with Crippen LogP contribution < -0.4 is 5.73 Å². The zero-order valence-electron chi connectivity index (χ0n) is 8.36. The van der Waals surface area contributed by atoms with Gasteiger partial charge in [0.2, 0.25) is 0 Å². The smallest absolute Gasteiger partial charge is 0.153 e. The van der Waals surface area contributed by atoms with Gasteiger partial charge in [-0.2, -0.15) is 0 Å². The molecule has 5 atom stereocenters. The van der Waals surface area contributed by atoms with Gasteiger partial charge in [-0.3, -0.25) is 4.79 Å². The average molecular weight is 191 g/mol. The third-order valence-electron chi connectivity index (χ3n) is 4.42. The molecule has 0 saturated heterocycles. The molecule has 0 radical (unpaired) electrons. The number of nitrogens with two attached hydrogens (primary N) is 1. The van der Waals surface area contributed by atoms with E-state index in [4.69, 9.17) is 5.73 Å². The number of fused-ring (bicyclic) bond motifs is 1. The van der Waals surface area contributed by atoms with Gasteiger partial charge in [0.1, 0.15) is 0 Å². The van der Waals surface area contributed by atoms with Crippen LogP contribution in [0.2, 0.25) is 0 Å². The van der Waals surface area contributed by atoms with Crippen molar-refractivity contribution in [2.75, 3.05) is 0 Å². The van der Waals surface area contributed by atoms with Crippen LogP contribution in [0.1, 0.15) is 25.7 Å². The summed E-state index contributed by atoms with van der Waals surface area (Å²) in [6.07, 6.45) is 9.20. The summed E-state index contributed by atoms with van der Waals surface area (Å²) in [6, 6.07) is -0.163. The number of Topliss-reactive ketones (excluding diaryl/α,β-unsaturated/α-hetero) is 1. The Kier molecular flexibility index (Phi) is 1.81. The quantitative estimate of drug-likeness (QED) is 0.590. The topological polar surface area (TPSA) is 43.1 Å². The second-order valence-electron chi connectivity index (χ2n) is 5.07. The summed E-state index contributed by atoms with van der Waals surface area (Å²) < 4.78 is 0. The van der Waals surface area contributed by atoms with Gasteiger partial charge in [0.15, 0.2) is 5.78 Å². The molecule has 0 aromatic rings. The summed E-state index contributed by atoms with van der Waals surface area (Å²) in [5, 5.41) is 0. The van der Waals surface area contributed by atoms with Crippen molar-refractivity contribution in [1.29, 1.82) is 0 Å². The summed E-state index contributed by atoms with van der Waals surface area (Å²) in [4.78, 5) is 12.0. The van der Waals surface area contributed by atoms with E-state index in [1.165, 1.54) is 19.3 Å². The highest BCUT2D eigenvalue weighted by molar-refractivity contribution is 5.88. The minimum absolute atomic E-state index is 0.163. The second-order valence-corrected chi connectivity index (χ2v) is 5.07. The van der Waals surface area contributed by atoms with Gasteiger partial charge in [-0.25, -0.2) is 0 Å².